The Labute approximate surface area is 214 Å². The number of hydrogen-bond donors (Lipinski definition) is 0. The molecule has 1 spiro atoms. The first-order chi connectivity index (χ1) is 17.5. The van der Waals surface area contributed by atoms with E-state index in [1.165, 1.54) is 0 Å². The van der Waals surface area contributed by atoms with Crippen molar-refractivity contribution in [3.05, 3.63) is 58.7 Å². The summed E-state index contributed by atoms with van der Waals surface area (Å²) in [5.74, 6) is -1.96. The van der Waals surface area contributed by atoms with E-state index in [-0.39, 0.29) is 31.5 Å². The molecule has 37 heavy (non-hydrogen) atoms. The molecule has 2 aromatic rings. The molecule has 5 rings (SSSR count). The molecule has 0 radical (unpaired) electrons. The van der Waals surface area contributed by atoms with Crippen molar-refractivity contribution in [3.63, 3.8) is 0 Å². The number of ether oxygens (including phenoxy) is 2. The highest BCUT2D eigenvalue weighted by Gasteiger charge is 2.53. The third kappa shape index (κ3) is 3.98. The number of carbonyl (C=O) groups is 1. The summed E-state index contributed by atoms with van der Waals surface area (Å²) in [5.41, 5.74) is 1.08. The van der Waals surface area contributed by atoms with Crippen molar-refractivity contribution in [2.45, 2.75) is 23.0 Å². The molecule has 0 aliphatic carbocycles. The average molecular weight is 532 g/mol. The van der Waals surface area contributed by atoms with Crippen molar-refractivity contribution in [2.75, 3.05) is 57.7 Å². The summed E-state index contributed by atoms with van der Waals surface area (Å²) in [6, 6.07) is 9.51. The number of piperidine rings is 1. The zero-order chi connectivity index (χ0) is 26.6. The molecule has 2 fully saturated rings. The number of hydrogen-bond acceptors (Lipinski definition) is 7. The molecule has 3 aliphatic rings. The quantitative estimate of drug-likeness (QED) is 0.565. The van der Waals surface area contributed by atoms with Gasteiger partial charge < -0.3 is 14.4 Å². The summed E-state index contributed by atoms with van der Waals surface area (Å²) >= 11 is 0. The van der Waals surface area contributed by atoms with E-state index in [1.54, 1.807) is 18.0 Å². The minimum Gasteiger partial charge on any atom is -0.492 e. The Morgan fingerprint density at radius 2 is 1.78 bits per heavy atom. The van der Waals surface area contributed by atoms with Crippen LogP contribution in [0, 0.1) is 23.0 Å². The lowest BCUT2D eigenvalue weighted by Gasteiger charge is -2.40. The first kappa shape index (κ1) is 25.6. The zero-order valence-corrected chi connectivity index (χ0v) is 21.4. The molecule has 11 heteroatoms. The van der Waals surface area contributed by atoms with Gasteiger partial charge in [-0.2, -0.15) is 5.26 Å². The number of anilines is 1. The van der Waals surface area contributed by atoms with Crippen LogP contribution in [-0.2, 0) is 29.5 Å². The van der Waals surface area contributed by atoms with Crippen LogP contribution < -0.4 is 9.64 Å². The van der Waals surface area contributed by atoms with Crippen molar-refractivity contribution in [2.24, 2.45) is 0 Å². The second-order valence-electron chi connectivity index (χ2n) is 10.0. The Hall–Kier alpha value is -3.07. The molecule has 196 valence electrons. The van der Waals surface area contributed by atoms with E-state index in [4.69, 9.17) is 9.47 Å². The summed E-state index contributed by atoms with van der Waals surface area (Å²) in [6.07, 6.45) is 2.12. The van der Waals surface area contributed by atoms with Gasteiger partial charge in [-0.3, -0.25) is 9.69 Å². The Morgan fingerprint density at radius 3 is 2.32 bits per heavy atom. The Balaban J connectivity index is 1.23. The van der Waals surface area contributed by atoms with Crippen LogP contribution in [0.15, 0.2) is 30.3 Å². The van der Waals surface area contributed by atoms with E-state index in [0.717, 1.165) is 29.6 Å². The SMILES string of the molecule is CN1C(=O)C2(CCN(CCOc3cc(F)c(C4(S(C)(=O)=O)COC4)c(F)c3)CC2)c2cc(C#N)ccc21. The van der Waals surface area contributed by atoms with Crippen LogP contribution in [0.2, 0.25) is 0 Å². The van der Waals surface area contributed by atoms with E-state index in [0.29, 0.717) is 38.0 Å². The van der Waals surface area contributed by atoms with Gasteiger partial charge in [-0.1, -0.05) is 0 Å². The predicted octanol–water partition coefficient (Wildman–Crippen LogP) is 2.50. The minimum absolute atomic E-state index is 0.0262. The van der Waals surface area contributed by atoms with E-state index in [9.17, 15) is 27.3 Å². The van der Waals surface area contributed by atoms with Gasteiger partial charge in [0.25, 0.3) is 0 Å². The molecule has 2 aromatic carbocycles. The monoisotopic (exact) mass is 531 g/mol. The summed E-state index contributed by atoms with van der Waals surface area (Å²) in [6.45, 7) is 1.30. The van der Waals surface area contributed by atoms with Crippen LogP contribution in [0.25, 0.3) is 0 Å². The number of rotatable bonds is 6. The molecule has 8 nitrogen and oxygen atoms in total. The molecule has 0 N–H and O–H groups in total. The maximum Gasteiger partial charge on any atom is 0.237 e. The number of amides is 1. The van der Waals surface area contributed by atoms with Crippen LogP contribution in [0.1, 0.15) is 29.5 Å². The largest absolute Gasteiger partial charge is 0.492 e. The van der Waals surface area contributed by atoms with E-state index >= 15 is 0 Å². The van der Waals surface area contributed by atoms with Gasteiger partial charge in [0.2, 0.25) is 5.91 Å². The van der Waals surface area contributed by atoms with Gasteiger partial charge in [0, 0.05) is 43.2 Å². The molecule has 0 aromatic heterocycles. The van der Waals surface area contributed by atoms with Crippen LogP contribution in [0.3, 0.4) is 0 Å². The standard InChI is InChI=1S/C26H27F2N3O5S/c1-30-22-4-3-17(14-29)11-19(22)25(24(30)32)5-7-31(8-6-25)9-10-36-18-12-20(27)23(21(28)13-18)26(15-35-16-26)37(2,33)34/h3-4,11-13H,5-10,15-16H2,1-2H3. The molecule has 2 saturated heterocycles. The van der Waals surface area contributed by atoms with Crippen LogP contribution >= 0.6 is 0 Å². The highest BCUT2D eigenvalue weighted by atomic mass is 32.2. The lowest BCUT2D eigenvalue weighted by atomic mass is 9.73. The maximum atomic E-state index is 14.8. The smallest absolute Gasteiger partial charge is 0.237 e. The highest BCUT2D eigenvalue weighted by molar-refractivity contribution is 7.91. The van der Waals surface area contributed by atoms with Crippen LogP contribution in [-0.4, -0.2) is 72.0 Å². The van der Waals surface area contributed by atoms with Gasteiger partial charge in [0.1, 0.15) is 28.7 Å². The Morgan fingerprint density at radius 1 is 1.14 bits per heavy atom. The van der Waals surface area contributed by atoms with Crippen LogP contribution in [0.5, 0.6) is 5.75 Å². The third-order valence-electron chi connectivity index (χ3n) is 7.95. The summed E-state index contributed by atoms with van der Waals surface area (Å²) in [5, 5.41) is 9.31. The second kappa shape index (κ2) is 9.04. The number of sulfone groups is 1. The lowest BCUT2D eigenvalue weighted by molar-refractivity contribution is -0.124. The van der Waals surface area contributed by atoms with Crippen molar-refractivity contribution in [1.29, 1.82) is 5.26 Å². The minimum atomic E-state index is -3.81. The number of halogens is 2. The summed E-state index contributed by atoms with van der Waals surface area (Å²) < 4.78 is 63.0. The third-order valence-corrected chi connectivity index (χ3v) is 9.81. The second-order valence-corrected chi connectivity index (χ2v) is 12.3. The molecule has 3 heterocycles. The molecule has 0 atom stereocenters. The fourth-order valence-corrected chi connectivity index (χ4v) is 6.82. The molecule has 1 amide bonds. The van der Waals surface area contributed by atoms with Gasteiger partial charge in [-0.25, -0.2) is 17.2 Å². The van der Waals surface area contributed by atoms with Crippen molar-refractivity contribution in [1.82, 2.24) is 4.90 Å². The molecule has 3 aliphatic heterocycles. The Kier molecular flexibility index (Phi) is 6.25. The number of likely N-dealkylation sites (N-methyl/N-ethyl adjacent to an activating group) is 1. The van der Waals surface area contributed by atoms with Crippen LogP contribution in [0.4, 0.5) is 14.5 Å². The predicted molar refractivity (Wildman–Crippen MR) is 131 cm³/mol. The number of carbonyl (C=O) groups excluding carboxylic acids is 1. The molecule has 0 saturated carbocycles. The van der Waals surface area contributed by atoms with E-state index < -0.39 is 37.2 Å². The highest BCUT2D eigenvalue weighted by Crippen LogP contribution is 2.47. The molecular weight excluding hydrogens is 504 g/mol. The normalized spacial score (nSPS) is 20.4. The number of nitrogens with zero attached hydrogens (tertiary/aromatic N) is 3. The fraction of sp³-hybridized carbons (Fsp3) is 0.462. The molecular formula is C26H27F2N3O5S. The summed E-state index contributed by atoms with van der Waals surface area (Å²) in [7, 11) is -2.05. The van der Waals surface area contributed by atoms with Crippen molar-refractivity contribution < 1.29 is 31.5 Å². The number of fused-ring (bicyclic) bond motifs is 2. The lowest BCUT2D eigenvalue weighted by Crippen LogP contribution is -2.53. The first-order valence-corrected chi connectivity index (χ1v) is 13.9. The van der Waals surface area contributed by atoms with Gasteiger partial charge in [-0.05, 0) is 49.7 Å². The summed E-state index contributed by atoms with van der Waals surface area (Å²) in [4.78, 5) is 17.0. The first-order valence-electron chi connectivity index (χ1n) is 12.0. The Bertz CT molecular complexity index is 1390. The van der Waals surface area contributed by atoms with Crippen molar-refractivity contribution >= 4 is 21.4 Å². The number of nitriles is 1. The topological polar surface area (TPSA) is 99.9 Å². The number of benzene rings is 2. The molecule has 0 unspecified atom stereocenters. The maximum absolute atomic E-state index is 14.8. The number of likely N-dealkylation sites (tertiary alicyclic amines) is 1. The van der Waals surface area contributed by atoms with E-state index in [1.807, 2.05) is 12.1 Å². The zero-order valence-electron chi connectivity index (χ0n) is 20.6. The van der Waals surface area contributed by atoms with E-state index in [2.05, 4.69) is 11.0 Å². The van der Waals surface area contributed by atoms with Gasteiger partial charge >= 0.3 is 0 Å². The molecule has 0 bridgehead atoms. The van der Waals surface area contributed by atoms with Gasteiger partial charge in [0.15, 0.2) is 9.84 Å². The van der Waals surface area contributed by atoms with Gasteiger partial charge in [-0.15, -0.1) is 0 Å². The fourth-order valence-electron chi connectivity index (χ4n) is 5.66. The van der Waals surface area contributed by atoms with Crippen molar-refractivity contribution in [3.8, 4) is 11.8 Å². The average Bonchev–Trinajstić information content (AvgIpc) is 3.02. The van der Waals surface area contributed by atoms with Gasteiger partial charge in [0.05, 0.1) is 30.3 Å².